The number of nitrogens with zero attached hydrogens (tertiary/aromatic N) is 4. The number of pyridine rings is 1. The first-order valence-corrected chi connectivity index (χ1v) is 7.55. The van der Waals surface area contributed by atoms with Gasteiger partial charge in [-0.2, -0.15) is 5.10 Å². The molecule has 0 saturated heterocycles. The molecule has 0 atom stereocenters. The molecule has 3 rings (SSSR count). The van der Waals surface area contributed by atoms with Crippen LogP contribution in [0.3, 0.4) is 0 Å². The van der Waals surface area contributed by atoms with Crippen LogP contribution in [0, 0.1) is 0 Å². The van der Waals surface area contributed by atoms with Crippen molar-refractivity contribution in [2.75, 3.05) is 19.1 Å². The number of hydrogen-bond donors (Lipinski definition) is 0. The topological polar surface area (TPSA) is 60.2 Å². The second-order valence-corrected chi connectivity index (χ2v) is 5.51. The normalized spacial score (nSPS) is 10.5. The highest BCUT2D eigenvalue weighted by molar-refractivity contribution is 6.30. The molecule has 1 amide bonds. The zero-order valence-electron chi connectivity index (χ0n) is 13.2. The van der Waals surface area contributed by atoms with Crippen molar-refractivity contribution in [3.63, 3.8) is 0 Å². The lowest BCUT2D eigenvalue weighted by atomic mass is 10.3. The molecule has 0 bridgehead atoms. The van der Waals surface area contributed by atoms with E-state index in [1.54, 1.807) is 55.5 Å². The summed E-state index contributed by atoms with van der Waals surface area (Å²) >= 11 is 5.88. The lowest BCUT2D eigenvalue weighted by Crippen LogP contribution is -2.25. The smallest absolute Gasteiger partial charge is 0.261 e. The fourth-order valence-electron chi connectivity index (χ4n) is 2.17. The van der Waals surface area contributed by atoms with E-state index in [0.717, 1.165) is 5.69 Å². The maximum atomic E-state index is 12.6. The van der Waals surface area contributed by atoms with E-state index < -0.39 is 0 Å². The number of aromatic nitrogens is 3. The molecule has 1 aromatic carbocycles. The van der Waals surface area contributed by atoms with Crippen LogP contribution in [0.5, 0.6) is 5.88 Å². The fraction of sp³-hybridized carbons (Fsp3) is 0.118. The number of hydrogen-bond acceptors (Lipinski definition) is 4. The summed E-state index contributed by atoms with van der Waals surface area (Å²) in [6, 6.07) is 10.7. The molecule has 3 aromatic rings. The summed E-state index contributed by atoms with van der Waals surface area (Å²) in [6.07, 6.45) is 4.80. The van der Waals surface area contributed by atoms with Gasteiger partial charge in [-0.1, -0.05) is 11.6 Å². The maximum Gasteiger partial charge on any atom is 0.261 e. The van der Waals surface area contributed by atoms with E-state index in [-0.39, 0.29) is 5.91 Å². The number of halogens is 1. The zero-order valence-corrected chi connectivity index (χ0v) is 13.9. The van der Waals surface area contributed by atoms with E-state index in [1.807, 2.05) is 12.1 Å². The number of methoxy groups -OCH3 is 1. The minimum atomic E-state index is -0.179. The fourth-order valence-corrected chi connectivity index (χ4v) is 2.30. The minimum Gasteiger partial charge on any atom is -0.481 e. The largest absolute Gasteiger partial charge is 0.481 e. The van der Waals surface area contributed by atoms with Gasteiger partial charge in [0.25, 0.3) is 5.91 Å². The van der Waals surface area contributed by atoms with E-state index >= 15 is 0 Å². The molecule has 7 heteroatoms. The Labute approximate surface area is 144 Å². The van der Waals surface area contributed by atoms with E-state index in [4.69, 9.17) is 16.3 Å². The van der Waals surface area contributed by atoms with Crippen molar-refractivity contribution in [3.8, 4) is 11.6 Å². The summed E-state index contributed by atoms with van der Waals surface area (Å²) in [5.74, 6) is 0.317. The third-order valence-corrected chi connectivity index (χ3v) is 3.79. The minimum absolute atomic E-state index is 0.179. The molecule has 0 unspecified atom stereocenters. The second-order valence-electron chi connectivity index (χ2n) is 5.07. The SMILES string of the molecule is COc1ccc(N(C)C(=O)c2cnn(-c3ccc(Cl)cc3)c2)cn1. The van der Waals surface area contributed by atoms with Gasteiger partial charge in [0, 0.05) is 24.3 Å². The first kappa shape index (κ1) is 16.0. The van der Waals surface area contributed by atoms with Gasteiger partial charge >= 0.3 is 0 Å². The Kier molecular flexibility index (Phi) is 4.48. The second kappa shape index (κ2) is 6.72. The number of anilines is 1. The molecule has 2 aromatic heterocycles. The number of benzene rings is 1. The molecule has 0 spiro atoms. The summed E-state index contributed by atoms with van der Waals surface area (Å²) in [7, 11) is 3.23. The first-order valence-electron chi connectivity index (χ1n) is 7.17. The van der Waals surface area contributed by atoms with E-state index in [2.05, 4.69) is 10.1 Å². The molecule has 122 valence electrons. The van der Waals surface area contributed by atoms with Crippen molar-refractivity contribution in [3.05, 3.63) is 65.6 Å². The molecule has 0 aliphatic carbocycles. The van der Waals surface area contributed by atoms with Crippen molar-refractivity contribution in [2.24, 2.45) is 0 Å². The predicted molar refractivity (Wildman–Crippen MR) is 92.1 cm³/mol. The van der Waals surface area contributed by atoms with Crippen LogP contribution >= 0.6 is 11.6 Å². The van der Waals surface area contributed by atoms with Gasteiger partial charge in [-0.25, -0.2) is 9.67 Å². The van der Waals surface area contributed by atoms with Gasteiger partial charge in [0.05, 0.1) is 36.4 Å². The van der Waals surface area contributed by atoms with Gasteiger partial charge in [-0.3, -0.25) is 4.79 Å². The van der Waals surface area contributed by atoms with Gasteiger partial charge in [0.2, 0.25) is 5.88 Å². The average Bonchev–Trinajstić information content (AvgIpc) is 3.11. The van der Waals surface area contributed by atoms with Crippen molar-refractivity contribution in [1.29, 1.82) is 0 Å². The molecule has 0 aliphatic heterocycles. The van der Waals surface area contributed by atoms with Crippen LogP contribution in [0.15, 0.2) is 55.0 Å². The third kappa shape index (κ3) is 3.23. The van der Waals surface area contributed by atoms with Crippen LogP contribution in [-0.4, -0.2) is 34.8 Å². The molecule has 2 heterocycles. The molecule has 0 radical (unpaired) electrons. The molecular weight excluding hydrogens is 328 g/mol. The molecule has 0 fully saturated rings. The highest BCUT2D eigenvalue weighted by Gasteiger charge is 2.16. The van der Waals surface area contributed by atoms with E-state index in [0.29, 0.717) is 22.2 Å². The van der Waals surface area contributed by atoms with Crippen molar-refractivity contribution in [1.82, 2.24) is 14.8 Å². The first-order chi connectivity index (χ1) is 11.6. The highest BCUT2D eigenvalue weighted by atomic mass is 35.5. The molecule has 0 N–H and O–H groups in total. The summed E-state index contributed by atoms with van der Waals surface area (Å²) in [4.78, 5) is 18.2. The Morgan fingerprint density at radius 2 is 1.92 bits per heavy atom. The van der Waals surface area contributed by atoms with Gasteiger partial charge in [-0.05, 0) is 30.3 Å². The Bertz CT molecular complexity index is 844. The summed E-state index contributed by atoms with van der Waals surface area (Å²) < 4.78 is 6.65. The maximum absolute atomic E-state index is 12.6. The number of amides is 1. The highest BCUT2D eigenvalue weighted by Crippen LogP contribution is 2.18. The standard InChI is InChI=1S/C17H15ClN4O2/c1-21(15-7-8-16(24-2)19-10-15)17(23)12-9-20-22(11-12)14-5-3-13(18)4-6-14/h3-11H,1-2H3. The zero-order chi connectivity index (χ0) is 17.1. The summed E-state index contributed by atoms with van der Waals surface area (Å²) in [6.45, 7) is 0. The Morgan fingerprint density at radius 1 is 1.17 bits per heavy atom. The molecule has 6 nitrogen and oxygen atoms in total. The van der Waals surface area contributed by atoms with Crippen LogP contribution in [0.25, 0.3) is 5.69 Å². The van der Waals surface area contributed by atoms with Gasteiger partial charge in [0.1, 0.15) is 0 Å². The van der Waals surface area contributed by atoms with Crippen molar-refractivity contribution in [2.45, 2.75) is 0 Å². The van der Waals surface area contributed by atoms with Crippen molar-refractivity contribution < 1.29 is 9.53 Å². The molecule has 0 saturated carbocycles. The Balaban J connectivity index is 1.80. The number of ether oxygens (including phenoxy) is 1. The molecule has 24 heavy (non-hydrogen) atoms. The lowest BCUT2D eigenvalue weighted by molar-refractivity contribution is 0.0993. The number of carbonyl (C=O) groups is 1. The van der Waals surface area contributed by atoms with Gasteiger partial charge in [-0.15, -0.1) is 0 Å². The number of rotatable bonds is 4. The average molecular weight is 343 g/mol. The summed E-state index contributed by atoms with van der Waals surface area (Å²) in [5, 5.41) is 4.88. The Morgan fingerprint density at radius 3 is 2.54 bits per heavy atom. The lowest BCUT2D eigenvalue weighted by Gasteiger charge is -2.16. The third-order valence-electron chi connectivity index (χ3n) is 3.54. The quantitative estimate of drug-likeness (QED) is 0.730. The van der Waals surface area contributed by atoms with Crippen LogP contribution < -0.4 is 9.64 Å². The number of carbonyl (C=O) groups excluding carboxylic acids is 1. The Hall–Kier alpha value is -2.86. The molecular formula is C17H15ClN4O2. The van der Waals surface area contributed by atoms with Crippen LogP contribution in [0.4, 0.5) is 5.69 Å². The van der Waals surface area contributed by atoms with E-state index in [9.17, 15) is 4.79 Å². The molecule has 0 aliphatic rings. The van der Waals surface area contributed by atoms with Crippen LogP contribution in [0.1, 0.15) is 10.4 Å². The van der Waals surface area contributed by atoms with Crippen molar-refractivity contribution >= 4 is 23.2 Å². The monoisotopic (exact) mass is 342 g/mol. The predicted octanol–water partition coefficient (Wildman–Crippen LogP) is 3.21. The van der Waals surface area contributed by atoms with Crippen LogP contribution in [0.2, 0.25) is 5.02 Å². The van der Waals surface area contributed by atoms with E-state index in [1.165, 1.54) is 11.1 Å². The van der Waals surface area contributed by atoms with Gasteiger partial charge in [0.15, 0.2) is 0 Å². The van der Waals surface area contributed by atoms with Gasteiger partial charge < -0.3 is 9.64 Å². The summed E-state index contributed by atoms with van der Waals surface area (Å²) in [5.41, 5.74) is 1.97. The van der Waals surface area contributed by atoms with Crippen LogP contribution in [-0.2, 0) is 0 Å².